The Morgan fingerprint density at radius 3 is 1.76 bits per heavy atom. The summed E-state index contributed by atoms with van der Waals surface area (Å²) in [5.74, 6) is -1.81. The molecule has 1 heterocycles. The Morgan fingerprint density at radius 2 is 1.32 bits per heavy atom. The Morgan fingerprint density at radius 1 is 0.840 bits per heavy atom. The van der Waals surface area contributed by atoms with E-state index in [1.807, 2.05) is 0 Å². The lowest BCUT2D eigenvalue weighted by Gasteiger charge is -2.43. The normalized spacial score (nSPS) is 28.8. The number of methoxy groups -OCH3 is 1. The lowest BCUT2D eigenvalue weighted by Crippen LogP contribution is -2.62. The second kappa shape index (κ2) is 9.73. The summed E-state index contributed by atoms with van der Waals surface area (Å²) in [7, 11) is 1.33. The number of thioether (sulfide) groups is 1. The molecular formula is C15H22O9S. The predicted molar refractivity (Wildman–Crippen MR) is 85.5 cm³/mol. The molecule has 0 aromatic heterocycles. The van der Waals surface area contributed by atoms with Crippen molar-refractivity contribution in [2.75, 3.05) is 12.9 Å². The van der Waals surface area contributed by atoms with Gasteiger partial charge in [0.25, 0.3) is 0 Å². The van der Waals surface area contributed by atoms with Gasteiger partial charge >= 0.3 is 17.9 Å². The van der Waals surface area contributed by atoms with Gasteiger partial charge in [0.05, 0.1) is 0 Å². The van der Waals surface area contributed by atoms with Gasteiger partial charge in [-0.1, -0.05) is 11.8 Å². The molecule has 1 saturated heterocycles. The number of carbonyl (C=O) groups is 4. The minimum atomic E-state index is -1.14. The molecule has 0 aromatic rings. The molecule has 9 nitrogen and oxygen atoms in total. The van der Waals surface area contributed by atoms with Gasteiger partial charge in [-0.25, -0.2) is 0 Å². The Balaban J connectivity index is 3.18. The molecule has 142 valence electrons. The fourth-order valence-corrected chi connectivity index (χ4v) is 3.05. The maximum Gasteiger partial charge on any atom is 0.303 e. The van der Waals surface area contributed by atoms with Crippen molar-refractivity contribution in [3.05, 3.63) is 0 Å². The lowest BCUT2D eigenvalue weighted by atomic mass is 9.98. The smallest absolute Gasteiger partial charge is 0.303 e. The number of ether oxygens (including phenoxy) is 5. The number of esters is 3. The standard InChI is InChI=1S/C15H22O9S/c1-7(16)21-12-11(6-25-10(4)19)24-15(20-5)14(23-9(3)18)13(12)22-8(2)17/h11-15H,6H2,1-5H3/t11-,12+,13+,14-,15-/m1/s1. The van der Waals surface area contributed by atoms with Crippen LogP contribution in [0.1, 0.15) is 27.7 Å². The van der Waals surface area contributed by atoms with Crippen molar-refractivity contribution in [2.24, 2.45) is 0 Å². The zero-order chi connectivity index (χ0) is 19.1. The minimum absolute atomic E-state index is 0.137. The summed E-state index contributed by atoms with van der Waals surface area (Å²) in [5, 5.41) is -0.162. The second-order valence-electron chi connectivity index (χ2n) is 5.30. The molecule has 0 aromatic carbocycles. The van der Waals surface area contributed by atoms with E-state index in [9.17, 15) is 19.2 Å². The molecule has 5 atom stereocenters. The van der Waals surface area contributed by atoms with Gasteiger partial charge in [0.2, 0.25) is 0 Å². The van der Waals surface area contributed by atoms with Crippen molar-refractivity contribution < 1.29 is 42.9 Å². The number of carbonyl (C=O) groups excluding carboxylic acids is 4. The van der Waals surface area contributed by atoms with Gasteiger partial charge in [-0.3, -0.25) is 19.2 Å². The molecule has 1 aliphatic heterocycles. The largest absolute Gasteiger partial charge is 0.456 e. The van der Waals surface area contributed by atoms with Crippen LogP contribution in [0, 0.1) is 0 Å². The first-order valence-electron chi connectivity index (χ1n) is 7.49. The Labute approximate surface area is 149 Å². The summed E-state index contributed by atoms with van der Waals surface area (Å²) in [6, 6.07) is 0. The first-order chi connectivity index (χ1) is 11.6. The Bertz CT molecular complexity index is 521. The van der Waals surface area contributed by atoms with Crippen molar-refractivity contribution in [1.82, 2.24) is 0 Å². The third-order valence-corrected chi connectivity index (χ3v) is 4.08. The molecule has 1 aliphatic rings. The van der Waals surface area contributed by atoms with E-state index in [1.165, 1.54) is 34.8 Å². The van der Waals surface area contributed by atoms with Crippen LogP contribution in [0.3, 0.4) is 0 Å². The SMILES string of the molecule is CO[C@@H]1O[C@H](CSC(C)=O)[C@H](OC(C)=O)[C@H](OC(C)=O)[C@H]1OC(C)=O. The molecule has 0 bridgehead atoms. The van der Waals surface area contributed by atoms with Crippen LogP contribution in [0.2, 0.25) is 0 Å². The summed E-state index contributed by atoms with van der Waals surface area (Å²) >= 11 is 0.958. The van der Waals surface area contributed by atoms with E-state index in [0.717, 1.165) is 11.8 Å². The van der Waals surface area contributed by atoms with Crippen molar-refractivity contribution in [1.29, 1.82) is 0 Å². The van der Waals surface area contributed by atoms with E-state index in [1.54, 1.807) is 0 Å². The Kier molecular flexibility index (Phi) is 8.33. The van der Waals surface area contributed by atoms with Crippen LogP contribution in [-0.4, -0.2) is 66.6 Å². The summed E-state index contributed by atoms with van der Waals surface area (Å²) in [6.45, 7) is 4.92. The molecule has 0 amide bonds. The molecule has 0 aliphatic carbocycles. The highest BCUT2D eigenvalue weighted by atomic mass is 32.2. The summed E-state index contributed by atoms with van der Waals surface area (Å²) < 4.78 is 26.5. The van der Waals surface area contributed by atoms with Crippen LogP contribution in [-0.2, 0) is 42.9 Å². The van der Waals surface area contributed by atoms with Crippen molar-refractivity contribution in [2.45, 2.75) is 58.4 Å². The summed E-state index contributed by atoms with van der Waals surface area (Å²) in [5.41, 5.74) is 0. The highest BCUT2D eigenvalue weighted by molar-refractivity contribution is 8.13. The molecule has 1 fully saturated rings. The van der Waals surface area contributed by atoms with Gasteiger partial charge in [0, 0.05) is 40.6 Å². The lowest BCUT2D eigenvalue weighted by molar-refractivity contribution is -0.293. The number of hydrogen-bond donors (Lipinski definition) is 0. The van der Waals surface area contributed by atoms with Crippen molar-refractivity contribution >= 4 is 34.8 Å². The van der Waals surface area contributed by atoms with Gasteiger partial charge < -0.3 is 23.7 Å². The van der Waals surface area contributed by atoms with Gasteiger partial charge in [-0.15, -0.1) is 0 Å². The minimum Gasteiger partial charge on any atom is -0.456 e. The van der Waals surface area contributed by atoms with Crippen LogP contribution in [0.15, 0.2) is 0 Å². The fourth-order valence-electron chi connectivity index (χ4n) is 2.38. The van der Waals surface area contributed by atoms with Gasteiger partial charge in [-0.05, 0) is 0 Å². The summed E-state index contributed by atoms with van der Waals surface area (Å²) in [4.78, 5) is 45.6. The van der Waals surface area contributed by atoms with Gasteiger partial charge in [-0.2, -0.15) is 0 Å². The molecule has 0 spiro atoms. The van der Waals surface area contributed by atoms with Gasteiger partial charge in [0.1, 0.15) is 6.10 Å². The van der Waals surface area contributed by atoms with Gasteiger partial charge in [0.15, 0.2) is 29.7 Å². The zero-order valence-electron chi connectivity index (χ0n) is 14.7. The average molecular weight is 378 g/mol. The topological polar surface area (TPSA) is 114 Å². The number of hydrogen-bond acceptors (Lipinski definition) is 10. The van der Waals surface area contributed by atoms with E-state index >= 15 is 0 Å². The highest BCUT2D eigenvalue weighted by Gasteiger charge is 2.52. The molecule has 1 rings (SSSR count). The van der Waals surface area contributed by atoms with E-state index < -0.39 is 48.6 Å². The van der Waals surface area contributed by atoms with E-state index in [2.05, 4.69) is 0 Å². The van der Waals surface area contributed by atoms with E-state index in [4.69, 9.17) is 23.7 Å². The van der Waals surface area contributed by atoms with Crippen LogP contribution in [0.25, 0.3) is 0 Å². The Hall–Kier alpha value is -1.65. The third kappa shape index (κ3) is 6.63. The van der Waals surface area contributed by atoms with E-state index in [0.29, 0.717) is 0 Å². The maximum atomic E-state index is 11.5. The third-order valence-electron chi connectivity index (χ3n) is 3.18. The maximum absolute atomic E-state index is 11.5. The molecular weight excluding hydrogens is 356 g/mol. The van der Waals surface area contributed by atoms with Crippen LogP contribution in [0.5, 0.6) is 0 Å². The van der Waals surface area contributed by atoms with E-state index in [-0.39, 0.29) is 10.9 Å². The number of rotatable bonds is 6. The predicted octanol–water partition coefficient (Wildman–Crippen LogP) is 0.432. The molecule has 0 unspecified atom stereocenters. The van der Waals surface area contributed by atoms with Crippen LogP contribution in [0.4, 0.5) is 0 Å². The monoisotopic (exact) mass is 378 g/mol. The van der Waals surface area contributed by atoms with Crippen LogP contribution < -0.4 is 0 Å². The molecule has 0 N–H and O–H groups in total. The molecule has 25 heavy (non-hydrogen) atoms. The molecule has 0 saturated carbocycles. The van der Waals surface area contributed by atoms with Crippen molar-refractivity contribution in [3.8, 4) is 0 Å². The first-order valence-corrected chi connectivity index (χ1v) is 8.47. The molecule has 10 heteroatoms. The second-order valence-corrected chi connectivity index (χ2v) is 6.50. The average Bonchev–Trinajstić information content (AvgIpc) is 2.48. The molecule has 0 radical (unpaired) electrons. The fraction of sp³-hybridized carbons (Fsp3) is 0.733. The summed E-state index contributed by atoms with van der Waals surface area (Å²) in [6.07, 6.45) is -5.20. The zero-order valence-corrected chi connectivity index (χ0v) is 15.5. The van der Waals surface area contributed by atoms with Crippen LogP contribution >= 0.6 is 11.8 Å². The van der Waals surface area contributed by atoms with Crippen molar-refractivity contribution in [3.63, 3.8) is 0 Å². The highest BCUT2D eigenvalue weighted by Crippen LogP contribution is 2.30. The first kappa shape index (κ1) is 21.4. The quantitative estimate of drug-likeness (QED) is 0.476.